The van der Waals surface area contributed by atoms with Gasteiger partial charge in [0.25, 0.3) is 5.56 Å². The van der Waals surface area contributed by atoms with Gasteiger partial charge < -0.3 is 4.90 Å². The van der Waals surface area contributed by atoms with Crippen molar-refractivity contribution >= 4 is 5.82 Å². The van der Waals surface area contributed by atoms with Crippen LogP contribution in [-0.4, -0.2) is 44.6 Å². The lowest BCUT2D eigenvalue weighted by atomic mass is 10.1. The number of hydrogen-bond acceptors (Lipinski definition) is 6. The van der Waals surface area contributed by atoms with Crippen LogP contribution in [0.3, 0.4) is 0 Å². The van der Waals surface area contributed by atoms with E-state index in [4.69, 9.17) is 0 Å². The van der Waals surface area contributed by atoms with Crippen molar-refractivity contribution in [2.45, 2.75) is 19.5 Å². The van der Waals surface area contributed by atoms with Crippen molar-refractivity contribution < 1.29 is 0 Å². The Balaban J connectivity index is 1.90. The third kappa shape index (κ3) is 2.84. The zero-order valence-electron chi connectivity index (χ0n) is 14.5. The molecular weight excluding hydrogens is 308 g/mol. The van der Waals surface area contributed by atoms with E-state index >= 15 is 0 Å². The molecule has 0 bridgehead atoms. The van der Waals surface area contributed by atoms with Crippen molar-refractivity contribution in [1.29, 1.82) is 0 Å². The molecule has 8 nitrogen and oxygen atoms in total. The first-order valence-corrected chi connectivity index (χ1v) is 7.87. The van der Waals surface area contributed by atoms with Crippen molar-refractivity contribution in [2.24, 2.45) is 14.1 Å². The number of nitrogens with zero attached hydrogens (tertiary/aromatic N) is 6. The van der Waals surface area contributed by atoms with Gasteiger partial charge in [0.15, 0.2) is 0 Å². The van der Waals surface area contributed by atoms with E-state index in [-0.39, 0.29) is 11.2 Å². The lowest BCUT2D eigenvalue weighted by molar-refractivity contribution is 0.236. The normalized spacial score (nSPS) is 14.5. The summed E-state index contributed by atoms with van der Waals surface area (Å²) in [5, 5.41) is 0. The molecule has 2 aromatic rings. The SMILES string of the molecule is CN(C)c1ncnc2c1CN(Cc1cc(=O)n(C)c(=O)n1C)CC2. The summed E-state index contributed by atoms with van der Waals surface area (Å²) >= 11 is 0. The van der Waals surface area contributed by atoms with E-state index in [2.05, 4.69) is 14.9 Å². The van der Waals surface area contributed by atoms with Gasteiger partial charge >= 0.3 is 5.69 Å². The maximum Gasteiger partial charge on any atom is 0.330 e. The van der Waals surface area contributed by atoms with Crippen LogP contribution in [-0.2, 0) is 33.6 Å². The molecule has 24 heavy (non-hydrogen) atoms. The molecule has 0 saturated carbocycles. The first-order valence-electron chi connectivity index (χ1n) is 7.87. The number of aromatic nitrogens is 4. The van der Waals surface area contributed by atoms with E-state index < -0.39 is 0 Å². The molecule has 0 radical (unpaired) electrons. The monoisotopic (exact) mass is 330 g/mol. The van der Waals surface area contributed by atoms with Crippen molar-refractivity contribution in [3.63, 3.8) is 0 Å². The molecule has 0 aromatic carbocycles. The molecule has 3 heterocycles. The van der Waals surface area contributed by atoms with Crippen LogP contribution >= 0.6 is 0 Å². The molecule has 0 fully saturated rings. The van der Waals surface area contributed by atoms with Crippen molar-refractivity contribution in [2.75, 3.05) is 25.5 Å². The van der Waals surface area contributed by atoms with Crippen molar-refractivity contribution in [3.05, 3.63) is 50.2 Å². The highest BCUT2D eigenvalue weighted by Gasteiger charge is 2.22. The number of hydrogen-bond donors (Lipinski definition) is 0. The molecule has 0 unspecified atom stereocenters. The standard InChI is InChI=1S/C16H22N6O2/c1-19(2)15-12-9-22(6-5-13(12)17-10-18-15)8-11-7-14(23)21(4)16(24)20(11)3/h7,10H,5-6,8-9H2,1-4H3. The summed E-state index contributed by atoms with van der Waals surface area (Å²) in [6.07, 6.45) is 2.44. The van der Waals surface area contributed by atoms with E-state index in [1.165, 1.54) is 17.7 Å². The molecule has 0 N–H and O–H groups in total. The highest BCUT2D eigenvalue weighted by atomic mass is 16.2. The van der Waals surface area contributed by atoms with Gasteiger partial charge in [0.05, 0.1) is 5.69 Å². The van der Waals surface area contributed by atoms with Crippen molar-refractivity contribution in [1.82, 2.24) is 24.0 Å². The van der Waals surface area contributed by atoms with E-state index in [1.54, 1.807) is 13.4 Å². The minimum atomic E-state index is -0.299. The van der Waals surface area contributed by atoms with Gasteiger partial charge in [-0.15, -0.1) is 0 Å². The van der Waals surface area contributed by atoms with E-state index in [0.29, 0.717) is 13.1 Å². The summed E-state index contributed by atoms with van der Waals surface area (Å²) in [5.41, 5.74) is 2.33. The smallest absolute Gasteiger partial charge is 0.330 e. The Kier molecular flexibility index (Phi) is 4.23. The van der Waals surface area contributed by atoms with Gasteiger partial charge in [-0.1, -0.05) is 0 Å². The summed E-state index contributed by atoms with van der Waals surface area (Å²) in [4.78, 5) is 36.9. The highest BCUT2D eigenvalue weighted by molar-refractivity contribution is 5.48. The Morgan fingerprint density at radius 1 is 1.17 bits per heavy atom. The third-order valence-corrected chi connectivity index (χ3v) is 4.49. The predicted molar refractivity (Wildman–Crippen MR) is 91.1 cm³/mol. The fourth-order valence-electron chi connectivity index (χ4n) is 3.06. The molecule has 1 aliphatic rings. The molecule has 0 amide bonds. The van der Waals surface area contributed by atoms with Gasteiger partial charge in [0.1, 0.15) is 12.1 Å². The third-order valence-electron chi connectivity index (χ3n) is 4.49. The number of rotatable bonds is 3. The Morgan fingerprint density at radius 3 is 2.62 bits per heavy atom. The maximum absolute atomic E-state index is 12.1. The van der Waals surface area contributed by atoms with Gasteiger partial charge in [-0.05, 0) is 0 Å². The fraction of sp³-hybridized carbons (Fsp3) is 0.500. The van der Waals surface area contributed by atoms with Crippen LogP contribution in [0.1, 0.15) is 17.0 Å². The van der Waals surface area contributed by atoms with Crippen LogP contribution < -0.4 is 16.1 Å². The maximum atomic E-state index is 12.1. The summed E-state index contributed by atoms with van der Waals surface area (Å²) in [6.45, 7) is 2.08. The van der Waals surface area contributed by atoms with Crippen LogP contribution in [0.15, 0.2) is 22.0 Å². The lowest BCUT2D eigenvalue weighted by Crippen LogP contribution is -2.40. The summed E-state index contributed by atoms with van der Waals surface area (Å²) in [7, 11) is 7.12. The summed E-state index contributed by atoms with van der Waals surface area (Å²) in [5.74, 6) is 0.919. The molecule has 128 valence electrons. The molecule has 0 aliphatic carbocycles. The predicted octanol–water partition coefficient (Wildman–Crippen LogP) is -0.502. The van der Waals surface area contributed by atoms with E-state index in [0.717, 1.165) is 40.3 Å². The van der Waals surface area contributed by atoms with Gasteiger partial charge in [-0.25, -0.2) is 14.8 Å². The Morgan fingerprint density at radius 2 is 1.92 bits per heavy atom. The second-order valence-electron chi connectivity index (χ2n) is 6.35. The molecule has 0 saturated heterocycles. The molecule has 0 atom stereocenters. The van der Waals surface area contributed by atoms with Gasteiger partial charge in [-0.3, -0.25) is 18.8 Å². The van der Waals surface area contributed by atoms with Crippen LogP contribution in [0, 0.1) is 0 Å². The zero-order valence-corrected chi connectivity index (χ0v) is 14.5. The van der Waals surface area contributed by atoms with Crippen LogP contribution in [0.5, 0.6) is 0 Å². The molecule has 2 aromatic heterocycles. The van der Waals surface area contributed by atoms with E-state index in [1.807, 2.05) is 19.0 Å². The first-order chi connectivity index (χ1) is 11.4. The van der Waals surface area contributed by atoms with Crippen LogP contribution in [0.25, 0.3) is 0 Å². The average Bonchev–Trinajstić information content (AvgIpc) is 2.57. The topological polar surface area (TPSA) is 76.3 Å². The van der Waals surface area contributed by atoms with Gasteiger partial charge in [0.2, 0.25) is 0 Å². The molecule has 0 spiro atoms. The summed E-state index contributed by atoms with van der Waals surface area (Å²) < 4.78 is 2.65. The molecule has 3 rings (SSSR count). The molecule has 1 aliphatic heterocycles. The first kappa shape index (κ1) is 16.4. The number of anilines is 1. The number of fused-ring (bicyclic) bond motifs is 1. The largest absolute Gasteiger partial charge is 0.362 e. The Bertz CT molecular complexity index is 883. The van der Waals surface area contributed by atoms with Gasteiger partial charge in [-0.2, -0.15) is 0 Å². The Labute approximate surface area is 140 Å². The van der Waals surface area contributed by atoms with E-state index in [9.17, 15) is 9.59 Å². The van der Waals surface area contributed by atoms with Crippen LogP contribution in [0.4, 0.5) is 5.82 Å². The second kappa shape index (κ2) is 6.20. The lowest BCUT2D eigenvalue weighted by Gasteiger charge is -2.30. The quantitative estimate of drug-likeness (QED) is 0.755. The second-order valence-corrected chi connectivity index (χ2v) is 6.35. The molecular formula is C16H22N6O2. The average molecular weight is 330 g/mol. The summed E-state index contributed by atoms with van der Waals surface area (Å²) in [6, 6.07) is 1.53. The minimum Gasteiger partial charge on any atom is -0.362 e. The Hall–Kier alpha value is -2.48. The highest BCUT2D eigenvalue weighted by Crippen LogP contribution is 2.25. The molecule has 8 heteroatoms. The zero-order chi connectivity index (χ0) is 17.4. The van der Waals surface area contributed by atoms with Crippen LogP contribution in [0.2, 0.25) is 0 Å². The minimum absolute atomic E-state index is 0.275. The fourth-order valence-corrected chi connectivity index (χ4v) is 3.06. The van der Waals surface area contributed by atoms with Crippen molar-refractivity contribution in [3.8, 4) is 0 Å². The van der Waals surface area contributed by atoms with Gasteiger partial charge in [0, 0.05) is 71.6 Å².